The summed E-state index contributed by atoms with van der Waals surface area (Å²) in [5.41, 5.74) is 0.399. The summed E-state index contributed by atoms with van der Waals surface area (Å²) in [6, 6.07) is 6.92. The summed E-state index contributed by atoms with van der Waals surface area (Å²) in [6.45, 7) is 9.96. The number of hydrogen-bond acceptors (Lipinski definition) is 7. The van der Waals surface area contributed by atoms with E-state index in [1.165, 1.54) is 6.92 Å². The van der Waals surface area contributed by atoms with E-state index in [2.05, 4.69) is 16.8 Å². The predicted octanol–water partition coefficient (Wildman–Crippen LogP) is 2.23. The lowest BCUT2D eigenvalue weighted by atomic mass is 10.1. The van der Waals surface area contributed by atoms with Crippen LogP contribution in [0.1, 0.15) is 33.6 Å². The van der Waals surface area contributed by atoms with Gasteiger partial charge in [-0.05, 0) is 58.0 Å². The van der Waals surface area contributed by atoms with Crippen LogP contribution < -0.4 is 20.7 Å². The van der Waals surface area contributed by atoms with Gasteiger partial charge in [0.15, 0.2) is 15.3 Å². The Kier molecular flexibility index (Phi) is 11.1. The lowest BCUT2D eigenvalue weighted by Gasteiger charge is -2.32. The highest BCUT2D eigenvalue weighted by atomic mass is 32.2. The van der Waals surface area contributed by atoms with E-state index >= 15 is 0 Å². The van der Waals surface area contributed by atoms with Gasteiger partial charge in [-0.2, -0.15) is 0 Å². The Hall–Kier alpha value is -2.69. The van der Waals surface area contributed by atoms with E-state index in [1.807, 2.05) is 6.92 Å². The predicted molar refractivity (Wildman–Crippen MR) is 155 cm³/mol. The van der Waals surface area contributed by atoms with Crippen LogP contribution in [-0.2, 0) is 21.1 Å². The number of piperazine rings is 1. The monoisotopic (exact) mass is 563 g/mol. The van der Waals surface area contributed by atoms with Gasteiger partial charge in [-0.15, -0.1) is 0 Å². The zero-order chi connectivity index (χ0) is 28.6. The van der Waals surface area contributed by atoms with Crippen molar-refractivity contribution in [2.45, 2.75) is 40.2 Å². The molecule has 216 valence electrons. The average molecular weight is 564 g/mol. The Morgan fingerprint density at radius 2 is 1.69 bits per heavy atom. The van der Waals surface area contributed by atoms with Gasteiger partial charge in [0, 0.05) is 44.5 Å². The van der Waals surface area contributed by atoms with Crippen LogP contribution in [0, 0.1) is 0 Å². The van der Waals surface area contributed by atoms with Gasteiger partial charge in [-0.25, -0.2) is 12.8 Å². The Balaban J connectivity index is 1.95. The first-order chi connectivity index (χ1) is 18.6. The largest absolute Gasteiger partial charge is 0.497 e. The van der Waals surface area contributed by atoms with E-state index < -0.39 is 21.1 Å². The second-order valence-electron chi connectivity index (χ2n) is 10.1. The topological polar surface area (TPSA) is 81.1 Å². The molecule has 0 atom stereocenters. The van der Waals surface area contributed by atoms with Gasteiger partial charge in [0.25, 0.3) is 0 Å². The Morgan fingerprint density at radius 1 is 1.03 bits per heavy atom. The first-order valence-electron chi connectivity index (χ1n) is 13.6. The summed E-state index contributed by atoms with van der Waals surface area (Å²) >= 11 is 0. The Labute approximate surface area is 231 Å². The van der Waals surface area contributed by atoms with E-state index in [0.717, 1.165) is 39.1 Å². The van der Waals surface area contributed by atoms with Crippen molar-refractivity contribution in [1.29, 1.82) is 0 Å². The first kappa shape index (κ1) is 30.8. The fourth-order valence-corrected chi connectivity index (χ4v) is 6.01. The normalized spacial score (nSPS) is 16.7. The molecule has 8 nitrogen and oxygen atoms in total. The lowest BCUT2D eigenvalue weighted by molar-refractivity contribution is 0.154. The van der Waals surface area contributed by atoms with Crippen molar-refractivity contribution in [1.82, 2.24) is 14.4 Å². The Morgan fingerprint density at radius 3 is 2.28 bits per heavy atom. The quantitative estimate of drug-likeness (QED) is 0.392. The molecular formula is C29H42FN3O5S. The van der Waals surface area contributed by atoms with Gasteiger partial charge < -0.3 is 23.8 Å². The number of sulfone groups is 1. The molecule has 0 N–H and O–H groups in total. The van der Waals surface area contributed by atoms with Gasteiger partial charge in [0.2, 0.25) is 0 Å². The second-order valence-corrected chi connectivity index (χ2v) is 12.4. The molecule has 0 bridgehead atoms. The molecule has 10 heteroatoms. The van der Waals surface area contributed by atoms with Crippen LogP contribution in [0.3, 0.4) is 0 Å². The van der Waals surface area contributed by atoms with Crippen molar-refractivity contribution < 1.29 is 22.3 Å². The molecule has 1 aliphatic rings. The average Bonchev–Trinajstić information content (AvgIpc) is 2.91. The number of aromatic nitrogens is 1. The van der Waals surface area contributed by atoms with E-state index in [4.69, 9.17) is 9.47 Å². The van der Waals surface area contributed by atoms with Crippen LogP contribution in [0.15, 0.2) is 35.3 Å². The molecule has 0 unspecified atom stereocenters. The molecule has 1 fully saturated rings. The molecule has 0 saturated carbocycles. The van der Waals surface area contributed by atoms with E-state index in [-0.39, 0.29) is 34.2 Å². The molecule has 3 rings (SSSR count). The standard InChI is InChI=1S/C29H42FN3O5S/c1-6-18-38-23(3)28-27(22(2)30)29(34)26(24-8-10-25(37-5)11-9-24)21-33(28)17-20-39(35,36)19-7-12-32-15-13-31(4)14-16-32/h8-11,21H,6-7,12-20H2,1-5H3. The molecule has 2 aromatic rings. The highest BCUT2D eigenvalue weighted by Crippen LogP contribution is 2.19. The van der Waals surface area contributed by atoms with E-state index in [0.29, 0.717) is 30.1 Å². The molecule has 2 heterocycles. The smallest absolute Gasteiger partial charge is 0.199 e. The van der Waals surface area contributed by atoms with Crippen LogP contribution in [0.4, 0.5) is 4.39 Å². The van der Waals surface area contributed by atoms with Gasteiger partial charge in [0.05, 0.1) is 35.8 Å². The maximum atomic E-state index is 15.0. The number of rotatable bonds is 12. The number of methoxy groups -OCH3 is 1. The third-order valence-corrected chi connectivity index (χ3v) is 8.77. The minimum absolute atomic E-state index is 0.0721. The van der Waals surface area contributed by atoms with Gasteiger partial charge >= 0.3 is 0 Å². The second kappa shape index (κ2) is 14.1. The van der Waals surface area contributed by atoms with Crippen molar-refractivity contribution in [2.75, 3.05) is 65.0 Å². The number of aryl methyl sites for hydroxylation is 1. The lowest BCUT2D eigenvalue weighted by Crippen LogP contribution is -2.48. The Bertz CT molecular complexity index is 1390. The minimum Gasteiger partial charge on any atom is -0.497 e. The third-order valence-electron chi connectivity index (χ3n) is 7.05. The molecule has 1 aromatic carbocycles. The summed E-state index contributed by atoms with van der Waals surface area (Å²) in [6.07, 6.45) is 2.92. The summed E-state index contributed by atoms with van der Waals surface area (Å²) in [5, 5.41) is 0.169. The molecule has 0 aliphatic carbocycles. The fourth-order valence-electron chi connectivity index (χ4n) is 4.76. The number of hydrogen-bond donors (Lipinski definition) is 0. The van der Waals surface area contributed by atoms with Crippen LogP contribution in [0.5, 0.6) is 5.75 Å². The van der Waals surface area contributed by atoms with Gasteiger partial charge in [-0.3, -0.25) is 4.79 Å². The summed E-state index contributed by atoms with van der Waals surface area (Å²) < 4.78 is 53.7. The molecule has 39 heavy (non-hydrogen) atoms. The molecule has 1 saturated heterocycles. The molecule has 1 aliphatic heterocycles. The van der Waals surface area contributed by atoms with Crippen LogP contribution in [-0.4, -0.2) is 87.8 Å². The van der Waals surface area contributed by atoms with Gasteiger partial charge in [0.1, 0.15) is 17.3 Å². The molecular weight excluding hydrogens is 521 g/mol. The number of benzene rings is 1. The zero-order valence-corrected chi connectivity index (χ0v) is 24.7. The van der Waals surface area contributed by atoms with Crippen molar-refractivity contribution in [3.63, 3.8) is 0 Å². The maximum absolute atomic E-state index is 15.0. The van der Waals surface area contributed by atoms with Gasteiger partial charge in [-0.1, -0.05) is 19.1 Å². The molecule has 0 spiro atoms. The number of halogens is 1. The van der Waals surface area contributed by atoms with Crippen LogP contribution >= 0.6 is 0 Å². The van der Waals surface area contributed by atoms with Crippen LogP contribution in [0.2, 0.25) is 0 Å². The summed E-state index contributed by atoms with van der Waals surface area (Å²) in [4.78, 5) is 18.1. The highest BCUT2D eigenvalue weighted by molar-refractivity contribution is 7.91. The zero-order valence-electron chi connectivity index (χ0n) is 23.8. The van der Waals surface area contributed by atoms with Crippen molar-refractivity contribution in [3.05, 3.63) is 51.3 Å². The minimum atomic E-state index is -3.38. The van der Waals surface area contributed by atoms with Crippen molar-refractivity contribution in [3.8, 4) is 16.9 Å². The highest BCUT2D eigenvalue weighted by Gasteiger charge is 2.18. The summed E-state index contributed by atoms with van der Waals surface area (Å²) in [7, 11) is 0.259. The fraction of sp³-hybridized carbons (Fsp3) is 0.552. The number of nitrogens with zero attached hydrogens (tertiary/aromatic N) is 3. The maximum Gasteiger partial charge on any atom is 0.199 e. The van der Waals surface area contributed by atoms with Crippen molar-refractivity contribution >= 4 is 21.4 Å². The van der Waals surface area contributed by atoms with E-state index in [9.17, 15) is 17.6 Å². The van der Waals surface area contributed by atoms with E-state index in [1.54, 1.807) is 49.1 Å². The number of ether oxygens (including phenoxy) is 2. The molecule has 1 aromatic heterocycles. The first-order valence-corrected chi connectivity index (χ1v) is 15.4. The summed E-state index contributed by atoms with van der Waals surface area (Å²) in [5.74, 6) is 0.322. The number of pyridine rings is 1. The third kappa shape index (κ3) is 8.40. The number of likely N-dealkylation sites (N-methyl/N-ethyl adjacent to an activating group) is 1. The molecule has 0 radical (unpaired) electrons. The van der Waals surface area contributed by atoms with Crippen molar-refractivity contribution in [2.24, 2.45) is 0 Å². The molecule has 0 amide bonds. The van der Waals surface area contributed by atoms with Crippen LogP contribution in [0.25, 0.3) is 22.7 Å². The SMILES string of the molecule is CCCOC(C)=c1c(=C(C)F)c(=O)c(-c2ccc(OC)cc2)cn1CCS(=O)(=O)CCCN1CCN(C)CC1.